The topological polar surface area (TPSA) is 29.1 Å². The number of alkyl halides is 3. The lowest BCUT2D eigenvalue weighted by Crippen LogP contribution is -2.14. The highest BCUT2D eigenvalue weighted by atomic mass is 32.1. The Kier molecular flexibility index (Phi) is 3.85. The predicted molar refractivity (Wildman–Crippen MR) is 58.7 cm³/mol. The van der Waals surface area contributed by atoms with E-state index in [9.17, 15) is 18.0 Å². The molecule has 1 aromatic carbocycles. The molecule has 1 rings (SSSR count). The van der Waals surface area contributed by atoms with Crippen LogP contribution in [0.1, 0.15) is 11.1 Å². The molecule has 0 unspecified atom stereocenters. The van der Waals surface area contributed by atoms with Gasteiger partial charge in [-0.15, -0.1) is 0 Å². The lowest BCUT2D eigenvalue weighted by Gasteiger charge is -2.12. The number of amides is 1. The van der Waals surface area contributed by atoms with E-state index >= 15 is 0 Å². The Balaban J connectivity index is 3.03. The zero-order valence-corrected chi connectivity index (χ0v) is 9.32. The zero-order valence-electron chi connectivity index (χ0n) is 8.43. The first-order chi connectivity index (χ1) is 7.34. The third-order valence-electron chi connectivity index (χ3n) is 1.97. The first-order valence-electron chi connectivity index (χ1n) is 4.43. The molecule has 6 heteroatoms. The molecule has 0 aliphatic rings. The molecule has 0 aromatic heterocycles. The minimum atomic E-state index is -4.41. The van der Waals surface area contributed by atoms with Gasteiger partial charge in [0.25, 0.3) is 0 Å². The van der Waals surface area contributed by atoms with Crippen molar-refractivity contribution in [3.05, 3.63) is 29.3 Å². The Bertz CT molecular complexity index is 404. The molecule has 1 amide bonds. The maximum atomic E-state index is 12.5. The molecule has 88 valence electrons. The normalized spacial score (nSPS) is 11.3. The average molecular weight is 249 g/mol. The second kappa shape index (κ2) is 4.78. The first-order valence-corrected chi connectivity index (χ1v) is 5.06. The fourth-order valence-electron chi connectivity index (χ4n) is 1.21. The highest BCUT2D eigenvalue weighted by Gasteiger charge is 2.32. The molecule has 0 saturated heterocycles. The van der Waals surface area contributed by atoms with Gasteiger partial charge in [-0.3, -0.25) is 4.79 Å². The molecule has 0 radical (unpaired) electrons. The van der Waals surface area contributed by atoms with Crippen molar-refractivity contribution in [3.63, 3.8) is 0 Å². The summed E-state index contributed by atoms with van der Waals surface area (Å²) in [7, 11) is 0. The molecule has 0 bridgehead atoms. The SMILES string of the molecule is Cc1ccc(NC(=O)CS)cc1C(F)(F)F. The van der Waals surface area contributed by atoms with Gasteiger partial charge in [0.2, 0.25) is 5.91 Å². The van der Waals surface area contributed by atoms with E-state index in [1.807, 2.05) is 0 Å². The molecule has 0 spiro atoms. The van der Waals surface area contributed by atoms with Crippen molar-refractivity contribution < 1.29 is 18.0 Å². The van der Waals surface area contributed by atoms with Crippen LogP contribution >= 0.6 is 12.6 Å². The maximum Gasteiger partial charge on any atom is 0.416 e. The van der Waals surface area contributed by atoms with Crippen LogP contribution < -0.4 is 5.32 Å². The standard InChI is InChI=1S/C10H10F3NOS/c1-6-2-3-7(14-9(15)5-16)4-8(6)10(11,12)13/h2-4,16H,5H2,1H3,(H,14,15). The van der Waals surface area contributed by atoms with Gasteiger partial charge in [0.1, 0.15) is 0 Å². The third kappa shape index (κ3) is 3.16. The van der Waals surface area contributed by atoms with Crippen molar-refractivity contribution >= 4 is 24.2 Å². The summed E-state index contributed by atoms with van der Waals surface area (Å²) in [6, 6.07) is 3.65. The number of carbonyl (C=O) groups is 1. The Morgan fingerprint density at radius 3 is 2.56 bits per heavy atom. The molecule has 0 fully saturated rings. The molecule has 0 aliphatic heterocycles. The summed E-state index contributed by atoms with van der Waals surface area (Å²) in [6.07, 6.45) is -4.41. The van der Waals surface area contributed by atoms with Crippen molar-refractivity contribution in [2.24, 2.45) is 0 Å². The van der Waals surface area contributed by atoms with E-state index in [1.165, 1.54) is 19.1 Å². The summed E-state index contributed by atoms with van der Waals surface area (Å²) in [6.45, 7) is 1.37. The number of nitrogens with one attached hydrogen (secondary N) is 1. The van der Waals surface area contributed by atoms with E-state index in [2.05, 4.69) is 17.9 Å². The minimum Gasteiger partial charge on any atom is -0.325 e. The number of thiol groups is 1. The van der Waals surface area contributed by atoms with Gasteiger partial charge in [0, 0.05) is 5.69 Å². The first kappa shape index (κ1) is 12.9. The molecule has 1 aromatic rings. The van der Waals surface area contributed by atoms with E-state index in [-0.39, 0.29) is 17.0 Å². The Morgan fingerprint density at radius 1 is 1.44 bits per heavy atom. The number of hydrogen-bond donors (Lipinski definition) is 2. The van der Waals surface area contributed by atoms with Crippen LogP contribution in [-0.2, 0) is 11.0 Å². The van der Waals surface area contributed by atoms with Crippen LogP contribution in [0.2, 0.25) is 0 Å². The lowest BCUT2D eigenvalue weighted by atomic mass is 10.1. The second-order valence-electron chi connectivity index (χ2n) is 3.23. The second-order valence-corrected chi connectivity index (χ2v) is 3.55. The molecule has 0 atom stereocenters. The van der Waals surface area contributed by atoms with Crippen LogP contribution in [0.4, 0.5) is 18.9 Å². The van der Waals surface area contributed by atoms with Crippen LogP contribution in [-0.4, -0.2) is 11.7 Å². The van der Waals surface area contributed by atoms with Gasteiger partial charge < -0.3 is 5.32 Å². The summed E-state index contributed by atoms with van der Waals surface area (Å²) in [5.74, 6) is -0.518. The fraction of sp³-hybridized carbons (Fsp3) is 0.300. The number of halogens is 3. The number of carbonyl (C=O) groups excluding carboxylic acids is 1. The highest BCUT2D eigenvalue weighted by Crippen LogP contribution is 2.33. The zero-order chi connectivity index (χ0) is 12.3. The molecule has 16 heavy (non-hydrogen) atoms. The quantitative estimate of drug-likeness (QED) is 0.775. The van der Waals surface area contributed by atoms with Crippen LogP contribution in [0.5, 0.6) is 0 Å². The summed E-state index contributed by atoms with van der Waals surface area (Å²) >= 11 is 3.71. The summed E-state index contributed by atoms with van der Waals surface area (Å²) in [5, 5.41) is 2.32. The van der Waals surface area contributed by atoms with Crippen molar-refractivity contribution in [3.8, 4) is 0 Å². The smallest absolute Gasteiger partial charge is 0.325 e. The van der Waals surface area contributed by atoms with Crippen LogP contribution in [0.15, 0.2) is 18.2 Å². The van der Waals surface area contributed by atoms with Gasteiger partial charge in [-0.25, -0.2) is 0 Å². The van der Waals surface area contributed by atoms with Gasteiger partial charge in [-0.1, -0.05) is 6.07 Å². The van der Waals surface area contributed by atoms with E-state index in [0.29, 0.717) is 0 Å². The van der Waals surface area contributed by atoms with Crippen molar-refractivity contribution in [2.75, 3.05) is 11.1 Å². The number of aryl methyl sites for hydroxylation is 1. The average Bonchev–Trinajstić information content (AvgIpc) is 2.19. The maximum absolute atomic E-state index is 12.5. The van der Waals surface area contributed by atoms with Crippen LogP contribution in [0, 0.1) is 6.92 Å². The monoisotopic (exact) mass is 249 g/mol. The number of anilines is 1. The van der Waals surface area contributed by atoms with Gasteiger partial charge in [-0.2, -0.15) is 25.8 Å². The van der Waals surface area contributed by atoms with Crippen molar-refractivity contribution in [2.45, 2.75) is 13.1 Å². The van der Waals surface area contributed by atoms with Gasteiger partial charge in [0.15, 0.2) is 0 Å². The predicted octanol–water partition coefficient (Wildman–Crippen LogP) is 2.88. The van der Waals surface area contributed by atoms with Gasteiger partial charge in [0.05, 0.1) is 11.3 Å². The van der Waals surface area contributed by atoms with E-state index in [4.69, 9.17) is 0 Å². The molecule has 0 heterocycles. The molecule has 2 nitrogen and oxygen atoms in total. The Hall–Kier alpha value is -1.17. The fourth-order valence-corrected chi connectivity index (χ4v) is 1.28. The molecule has 0 aliphatic carbocycles. The van der Waals surface area contributed by atoms with Crippen molar-refractivity contribution in [1.29, 1.82) is 0 Å². The van der Waals surface area contributed by atoms with E-state index in [0.717, 1.165) is 6.07 Å². The summed E-state index contributed by atoms with van der Waals surface area (Å²) < 4.78 is 37.6. The van der Waals surface area contributed by atoms with Crippen LogP contribution in [0.3, 0.4) is 0 Å². The summed E-state index contributed by atoms with van der Waals surface area (Å²) in [4.78, 5) is 11.0. The molecule has 1 N–H and O–H groups in total. The van der Waals surface area contributed by atoms with Gasteiger partial charge in [-0.05, 0) is 24.6 Å². The third-order valence-corrected chi connectivity index (χ3v) is 2.26. The Labute approximate surface area is 96.3 Å². The van der Waals surface area contributed by atoms with Gasteiger partial charge >= 0.3 is 6.18 Å². The Morgan fingerprint density at radius 2 is 2.06 bits per heavy atom. The number of benzene rings is 1. The van der Waals surface area contributed by atoms with E-state index in [1.54, 1.807) is 0 Å². The molecular formula is C10H10F3NOS. The van der Waals surface area contributed by atoms with E-state index < -0.39 is 17.6 Å². The number of hydrogen-bond acceptors (Lipinski definition) is 2. The molecule has 0 saturated carbocycles. The number of rotatable bonds is 2. The largest absolute Gasteiger partial charge is 0.416 e. The highest BCUT2D eigenvalue weighted by molar-refractivity contribution is 7.81. The molecular weight excluding hydrogens is 239 g/mol. The van der Waals surface area contributed by atoms with Crippen LogP contribution in [0.25, 0.3) is 0 Å². The summed E-state index contributed by atoms with van der Waals surface area (Å²) in [5.41, 5.74) is -0.502. The minimum absolute atomic E-state index is 0.0742. The lowest BCUT2D eigenvalue weighted by molar-refractivity contribution is -0.138. The van der Waals surface area contributed by atoms with Crippen molar-refractivity contribution in [1.82, 2.24) is 0 Å².